The van der Waals surface area contributed by atoms with Gasteiger partial charge in [-0.1, -0.05) is 12.1 Å². The van der Waals surface area contributed by atoms with E-state index in [1.807, 2.05) is 12.1 Å². The molecule has 0 saturated carbocycles. The van der Waals surface area contributed by atoms with Gasteiger partial charge < -0.3 is 10.6 Å². The molecule has 3 unspecified atom stereocenters. The Bertz CT molecular complexity index is 823. The SMILES string of the molecule is Nc1nc(N2CCCC(C3NNCC3c3ccc(F)cc3)C2)cc(=O)[nH]1. The molecule has 2 aliphatic rings. The van der Waals surface area contributed by atoms with Crippen molar-refractivity contribution in [3.05, 3.63) is 52.1 Å². The minimum Gasteiger partial charge on any atom is -0.369 e. The third-order valence-electron chi connectivity index (χ3n) is 5.36. The lowest BCUT2D eigenvalue weighted by Gasteiger charge is -2.38. The van der Waals surface area contributed by atoms with E-state index in [2.05, 4.69) is 25.7 Å². The molecule has 0 spiro atoms. The summed E-state index contributed by atoms with van der Waals surface area (Å²) in [6, 6.07) is 8.49. The van der Waals surface area contributed by atoms with Crippen molar-refractivity contribution in [3.63, 3.8) is 0 Å². The Labute approximate surface area is 150 Å². The van der Waals surface area contributed by atoms with Crippen LogP contribution in [0.5, 0.6) is 0 Å². The zero-order chi connectivity index (χ0) is 18.1. The van der Waals surface area contributed by atoms with Crippen molar-refractivity contribution in [1.82, 2.24) is 20.8 Å². The van der Waals surface area contributed by atoms with E-state index in [1.54, 1.807) is 0 Å². The molecule has 1 aromatic carbocycles. The second-order valence-corrected chi connectivity index (χ2v) is 7.05. The summed E-state index contributed by atoms with van der Waals surface area (Å²) in [7, 11) is 0. The monoisotopic (exact) mass is 358 g/mol. The molecule has 0 amide bonds. The van der Waals surface area contributed by atoms with Crippen LogP contribution in [0, 0.1) is 11.7 Å². The lowest BCUT2D eigenvalue weighted by atomic mass is 9.81. The maximum atomic E-state index is 13.2. The zero-order valence-corrected chi connectivity index (χ0v) is 14.4. The van der Waals surface area contributed by atoms with Gasteiger partial charge in [-0.15, -0.1) is 0 Å². The van der Waals surface area contributed by atoms with Crippen LogP contribution in [-0.4, -0.2) is 35.6 Å². The van der Waals surface area contributed by atoms with Crippen LogP contribution in [0.15, 0.2) is 35.1 Å². The minimum absolute atomic E-state index is 0.138. The molecule has 7 nitrogen and oxygen atoms in total. The Morgan fingerprint density at radius 3 is 2.85 bits per heavy atom. The predicted molar refractivity (Wildman–Crippen MR) is 98.3 cm³/mol. The molecule has 8 heteroatoms. The van der Waals surface area contributed by atoms with Gasteiger partial charge in [-0.3, -0.25) is 20.6 Å². The Morgan fingerprint density at radius 2 is 2.08 bits per heavy atom. The number of nitrogens with one attached hydrogen (secondary N) is 3. The molecule has 0 radical (unpaired) electrons. The van der Waals surface area contributed by atoms with Crippen molar-refractivity contribution in [1.29, 1.82) is 0 Å². The van der Waals surface area contributed by atoms with Gasteiger partial charge in [0.2, 0.25) is 5.95 Å². The summed E-state index contributed by atoms with van der Waals surface area (Å²) in [5, 5.41) is 0. The highest BCUT2D eigenvalue weighted by Crippen LogP contribution is 2.32. The van der Waals surface area contributed by atoms with Gasteiger partial charge in [0.05, 0.1) is 0 Å². The highest BCUT2D eigenvalue weighted by atomic mass is 19.1. The Balaban J connectivity index is 1.53. The van der Waals surface area contributed by atoms with Gasteiger partial charge in [-0.05, 0) is 36.5 Å². The number of nitrogen functional groups attached to an aromatic ring is 1. The molecular formula is C18H23FN6O. The van der Waals surface area contributed by atoms with Crippen LogP contribution in [0.3, 0.4) is 0 Å². The Morgan fingerprint density at radius 1 is 1.27 bits per heavy atom. The third kappa shape index (κ3) is 3.42. The summed E-state index contributed by atoms with van der Waals surface area (Å²) < 4.78 is 13.2. The standard InChI is InChI=1S/C18H23FN6O/c19-13-5-3-11(4-6-13)14-9-21-24-17(14)12-2-1-7-25(10-12)15-8-16(26)23-18(20)22-15/h3-6,8,12,14,17,21,24H,1-2,7,9-10H2,(H3,20,22,23,26). The molecule has 0 aliphatic carbocycles. The van der Waals surface area contributed by atoms with Gasteiger partial charge in [-0.25, -0.2) is 4.39 Å². The molecule has 26 heavy (non-hydrogen) atoms. The number of aromatic amines is 1. The number of piperidine rings is 1. The highest BCUT2D eigenvalue weighted by Gasteiger charge is 2.37. The number of hydrogen-bond acceptors (Lipinski definition) is 6. The predicted octanol–water partition coefficient (Wildman–Crippen LogP) is 0.968. The summed E-state index contributed by atoms with van der Waals surface area (Å²) in [6.07, 6.45) is 2.11. The van der Waals surface area contributed by atoms with Crippen LogP contribution >= 0.6 is 0 Å². The maximum absolute atomic E-state index is 13.2. The van der Waals surface area contributed by atoms with Crippen molar-refractivity contribution in [2.75, 3.05) is 30.3 Å². The lowest BCUT2D eigenvalue weighted by Crippen LogP contribution is -2.47. The van der Waals surface area contributed by atoms with Gasteiger partial charge in [0.1, 0.15) is 11.6 Å². The minimum atomic E-state index is -0.237. The molecule has 0 bridgehead atoms. The fourth-order valence-corrected chi connectivity index (χ4v) is 4.13. The number of H-pyrrole nitrogens is 1. The van der Waals surface area contributed by atoms with E-state index in [4.69, 9.17) is 5.73 Å². The number of hydrogen-bond donors (Lipinski definition) is 4. The quantitative estimate of drug-likeness (QED) is 0.653. The number of halogens is 1. The summed E-state index contributed by atoms with van der Waals surface area (Å²) >= 11 is 0. The van der Waals surface area contributed by atoms with Crippen LogP contribution in [0.25, 0.3) is 0 Å². The average Bonchev–Trinajstić information content (AvgIpc) is 3.11. The largest absolute Gasteiger partial charge is 0.369 e. The van der Waals surface area contributed by atoms with Gasteiger partial charge in [0.25, 0.3) is 5.56 Å². The van der Waals surface area contributed by atoms with Crippen LogP contribution < -0.4 is 27.0 Å². The summed E-state index contributed by atoms with van der Waals surface area (Å²) in [4.78, 5) is 20.6. The van der Waals surface area contributed by atoms with Crippen LogP contribution in [0.1, 0.15) is 24.3 Å². The van der Waals surface area contributed by atoms with Gasteiger partial charge >= 0.3 is 0 Å². The first-order chi connectivity index (χ1) is 12.6. The molecule has 2 aromatic rings. The fourth-order valence-electron chi connectivity index (χ4n) is 4.13. The van der Waals surface area contributed by atoms with E-state index in [0.29, 0.717) is 11.7 Å². The second-order valence-electron chi connectivity index (χ2n) is 7.05. The number of hydrazine groups is 1. The molecule has 2 aliphatic heterocycles. The average molecular weight is 358 g/mol. The first-order valence-electron chi connectivity index (χ1n) is 8.96. The lowest BCUT2D eigenvalue weighted by molar-refractivity contribution is 0.304. The number of nitrogens with zero attached hydrogens (tertiary/aromatic N) is 2. The maximum Gasteiger partial charge on any atom is 0.254 e. The van der Waals surface area contributed by atoms with Crippen molar-refractivity contribution in [2.24, 2.45) is 5.92 Å². The second kappa shape index (κ2) is 7.05. The Kier molecular flexibility index (Phi) is 4.60. The molecule has 5 N–H and O–H groups in total. The number of nitrogens with two attached hydrogens (primary N) is 1. The molecule has 1 aromatic heterocycles. The zero-order valence-electron chi connectivity index (χ0n) is 14.4. The van der Waals surface area contributed by atoms with Crippen molar-refractivity contribution < 1.29 is 4.39 Å². The molecule has 138 valence electrons. The molecule has 3 heterocycles. The van der Waals surface area contributed by atoms with E-state index in [0.717, 1.165) is 38.0 Å². The summed E-state index contributed by atoms with van der Waals surface area (Å²) in [5.41, 5.74) is 13.2. The van der Waals surface area contributed by atoms with Crippen molar-refractivity contribution in [3.8, 4) is 0 Å². The van der Waals surface area contributed by atoms with E-state index in [9.17, 15) is 9.18 Å². The van der Waals surface area contributed by atoms with Crippen molar-refractivity contribution >= 4 is 11.8 Å². The summed E-state index contributed by atoms with van der Waals surface area (Å²) in [5.74, 6) is 1.21. The Hall–Kier alpha value is -2.45. The van der Waals surface area contributed by atoms with Crippen molar-refractivity contribution in [2.45, 2.75) is 24.8 Å². The fraction of sp³-hybridized carbons (Fsp3) is 0.444. The van der Waals surface area contributed by atoms with Gasteiger partial charge in [0.15, 0.2) is 0 Å². The third-order valence-corrected chi connectivity index (χ3v) is 5.36. The first kappa shape index (κ1) is 17.0. The highest BCUT2D eigenvalue weighted by molar-refractivity contribution is 5.41. The van der Waals surface area contributed by atoms with E-state index >= 15 is 0 Å². The number of benzene rings is 1. The number of aromatic nitrogens is 2. The molecular weight excluding hydrogens is 335 g/mol. The van der Waals surface area contributed by atoms with E-state index < -0.39 is 0 Å². The summed E-state index contributed by atoms with van der Waals surface area (Å²) in [6.45, 7) is 2.46. The van der Waals surface area contributed by atoms with Gasteiger partial charge in [0, 0.05) is 37.7 Å². The van der Waals surface area contributed by atoms with Gasteiger partial charge in [-0.2, -0.15) is 4.98 Å². The smallest absolute Gasteiger partial charge is 0.254 e. The molecule has 2 saturated heterocycles. The topological polar surface area (TPSA) is 99.1 Å². The van der Waals surface area contributed by atoms with E-state index in [1.165, 1.54) is 18.2 Å². The van der Waals surface area contributed by atoms with Crippen LogP contribution in [-0.2, 0) is 0 Å². The normalized spacial score (nSPS) is 26.2. The molecule has 2 fully saturated rings. The number of anilines is 2. The molecule has 3 atom stereocenters. The first-order valence-corrected chi connectivity index (χ1v) is 8.96. The van der Waals surface area contributed by atoms with Crippen LogP contribution in [0.2, 0.25) is 0 Å². The van der Waals surface area contributed by atoms with E-state index in [-0.39, 0.29) is 29.3 Å². The van der Waals surface area contributed by atoms with Crippen LogP contribution in [0.4, 0.5) is 16.2 Å². The number of rotatable bonds is 3. The molecule has 4 rings (SSSR count).